The number of aromatic nitrogens is 1. The molecule has 1 saturated carbocycles. The standard InChI is InChI=1S/C21H25N3O4/c1-13-3-8-19(28-2)18(9-13)24-21(27)23-17-10-16(11-22-12-17)14-4-6-15(7-5-14)20(25)26/h3,8-12,14-15H,4-7H2,1-2H3,(H,25,26)(H2,23,24,27)/t14-,15-. The summed E-state index contributed by atoms with van der Waals surface area (Å²) in [6, 6.07) is 7.09. The minimum Gasteiger partial charge on any atom is -0.495 e. The first-order valence-electron chi connectivity index (χ1n) is 9.36. The van der Waals surface area contributed by atoms with Crippen LogP contribution in [-0.2, 0) is 4.79 Å². The number of aliphatic carboxylic acids is 1. The molecule has 3 N–H and O–H groups in total. The van der Waals surface area contributed by atoms with Crippen LogP contribution < -0.4 is 15.4 Å². The third-order valence-corrected chi connectivity index (χ3v) is 5.17. The van der Waals surface area contributed by atoms with Crippen molar-refractivity contribution in [3.63, 3.8) is 0 Å². The number of hydrogen-bond acceptors (Lipinski definition) is 4. The number of rotatable bonds is 5. The number of urea groups is 1. The Hall–Kier alpha value is -3.09. The number of amides is 2. The number of methoxy groups -OCH3 is 1. The molecule has 0 unspecified atom stereocenters. The van der Waals surface area contributed by atoms with Gasteiger partial charge in [0.25, 0.3) is 0 Å². The molecule has 28 heavy (non-hydrogen) atoms. The van der Waals surface area contributed by atoms with Gasteiger partial charge in [0.05, 0.1) is 30.6 Å². The van der Waals surface area contributed by atoms with Crippen LogP contribution >= 0.6 is 0 Å². The summed E-state index contributed by atoms with van der Waals surface area (Å²) >= 11 is 0. The number of carbonyl (C=O) groups is 2. The van der Waals surface area contributed by atoms with E-state index in [1.807, 2.05) is 25.1 Å². The molecule has 1 aliphatic rings. The lowest BCUT2D eigenvalue weighted by Gasteiger charge is -2.26. The second kappa shape index (κ2) is 8.73. The Morgan fingerprint density at radius 1 is 1.11 bits per heavy atom. The summed E-state index contributed by atoms with van der Waals surface area (Å²) in [5, 5.41) is 14.7. The first-order valence-corrected chi connectivity index (χ1v) is 9.36. The maximum atomic E-state index is 12.4. The highest BCUT2D eigenvalue weighted by Crippen LogP contribution is 2.36. The van der Waals surface area contributed by atoms with Crippen LogP contribution in [0.2, 0.25) is 0 Å². The number of benzene rings is 1. The molecular weight excluding hydrogens is 358 g/mol. The fraction of sp³-hybridized carbons (Fsp3) is 0.381. The molecule has 2 aromatic rings. The highest BCUT2D eigenvalue weighted by Gasteiger charge is 2.27. The Balaban J connectivity index is 1.64. The van der Waals surface area contributed by atoms with Gasteiger partial charge in [-0.25, -0.2) is 4.79 Å². The van der Waals surface area contributed by atoms with Crippen LogP contribution in [0.4, 0.5) is 16.2 Å². The van der Waals surface area contributed by atoms with Crippen LogP contribution in [0.15, 0.2) is 36.7 Å². The van der Waals surface area contributed by atoms with Gasteiger partial charge in [-0.1, -0.05) is 6.07 Å². The average molecular weight is 383 g/mol. The van der Waals surface area contributed by atoms with Crippen molar-refractivity contribution < 1.29 is 19.4 Å². The molecule has 0 saturated heterocycles. The summed E-state index contributed by atoms with van der Waals surface area (Å²) < 4.78 is 5.28. The SMILES string of the molecule is COc1ccc(C)cc1NC(=O)Nc1cncc([C@H]2CC[C@H](C(=O)O)CC2)c1. The zero-order valence-electron chi connectivity index (χ0n) is 16.1. The molecule has 2 amide bonds. The minimum absolute atomic E-state index is 0.249. The molecule has 1 aromatic heterocycles. The molecule has 3 rings (SSSR count). The molecule has 1 fully saturated rings. The number of ether oxygens (including phenoxy) is 1. The zero-order valence-corrected chi connectivity index (χ0v) is 16.1. The van der Waals surface area contributed by atoms with E-state index < -0.39 is 5.97 Å². The van der Waals surface area contributed by atoms with Crippen LogP contribution in [0, 0.1) is 12.8 Å². The second-order valence-corrected chi connectivity index (χ2v) is 7.18. The fourth-order valence-electron chi connectivity index (χ4n) is 3.63. The van der Waals surface area contributed by atoms with E-state index >= 15 is 0 Å². The number of nitrogens with zero attached hydrogens (tertiary/aromatic N) is 1. The number of carboxylic acids is 1. The van der Waals surface area contributed by atoms with Crippen molar-refractivity contribution in [1.29, 1.82) is 0 Å². The molecule has 7 heteroatoms. The minimum atomic E-state index is -0.713. The molecule has 0 aliphatic heterocycles. The van der Waals surface area contributed by atoms with Crippen LogP contribution in [-0.4, -0.2) is 29.2 Å². The lowest BCUT2D eigenvalue weighted by molar-refractivity contribution is -0.142. The third-order valence-electron chi connectivity index (χ3n) is 5.17. The van der Waals surface area contributed by atoms with Gasteiger partial charge >= 0.3 is 12.0 Å². The van der Waals surface area contributed by atoms with E-state index in [2.05, 4.69) is 15.6 Å². The van der Waals surface area contributed by atoms with Gasteiger partial charge in [0, 0.05) is 6.20 Å². The van der Waals surface area contributed by atoms with E-state index in [4.69, 9.17) is 9.84 Å². The molecule has 1 heterocycles. The van der Waals surface area contributed by atoms with Crippen molar-refractivity contribution in [1.82, 2.24) is 4.98 Å². The van der Waals surface area contributed by atoms with Crippen LogP contribution in [0.5, 0.6) is 5.75 Å². The third kappa shape index (κ3) is 4.79. The molecular formula is C21H25N3O4. The summed E-state index contributed by atoms with van der Waals surface area (Å²) in [6.45, 7) is 1.94. The Bertz CT molecular complexity index is 860. The first kappa shape index (κ1) is 19.7. The van der Waals surface area contributed by atoms with Gasteiger partial charge < -0.3 is 20.5 Å². The number of carbonyl (C=O) groups excluding carboxylic acids is 1. The zero-order chi connectivity index (χ0) is 20.1. The molecule has 0 bridgehead atoms. The van der Waals surface area contributed by atoms with Crippen molar-refractivity contribution in [2.24, 2.45) is 5.92 Å². The molecule has 7 nitrogen and oxygen atoms in total. The predicted octanol–water partition coefficient (Wildman–Crippen LogP) is 4.40. The smallest absolute Gasteiger partial charge is 0.323 e. The molecule has 1 aliphatic carbocycles. The monoisotopic (exact) mass is 383 g/mol. The van der Waals surface area contributed by atoms with E-state index in [0.717, 1.165) is 24.0 Å². The van der Waals surface area contributed by atoms with Gasteiger partial charge in [0.2, 0.25) is 0 Å². The van der Waals surface area contributed by atoms with Crippen LogP contribution in [0.3, 0.4) is 0 Å². The number of carboxylic acid groups (broad SMARTS) is 1. The number of hydrogen-bond donors (Lipinski definition) is 3. The molecule has 148 valence electrons. The summed E-state index contributed by atoms with van der Waals surface area (Å²) in [7, 11) is 1.56. The number of nitrogens with one attached hydrogen (secondary N) is 2. The van der Waals surface area contributed by atoms with Crippen molar-refractivity contribution in [2.45, 2.75) is 38.5 Å². The summed E-state index contributed by atoms with van der Waals surface area (Å²) in [5.41, 5.74) is 3.23. The van der Waals surface area contributed by atoms with Crippen molar-refractivity contribution >= 4 is 23.4 Å². The summed E-state index contributed by atoms with van der Waals surface area (Å²) in [5.74, 6) is -0.108. The van der Waals surface area contributed by atoms with Gasteiger partial charge in [0.1, 0.15) is 5.75 Å². The predicted molar refractivity (Wildman–Crippen MR) is 107 cm³/mol. The van der Waals surface area contributed by atoms with Gasteiger partial charge in [0.15, 0.2) is 0 Å². The van der Waals surface area contributed by atoms with E-state index in [-0.39, 0.29) is 17.9 Å². The Kier molecular flexibility index (Phi) is 6.13. The van der Waals surface area contributed by atoms with Gasteiger partial charge in [-0.15, -0.1) is 0 Å². The summed E-state index contributed by atoms with van der Waals surface area (Å²) in [4.78, 5) is 27.7. The van der Waals surface area contributed by atoms with Gasteiger partial charge in [-0.05, 0) is 67.9 Å². The quantitative estimate of drug-likeness (QED) is 0.710. The molecule has 1 aromatic carbocycles. The van der Waals surface area contributed by atoms with Crippen molar-refractivity contribution in [3.05, 3.63) is 47.8 Å². The van der Waals surface area contributed by atoms with E-state index in [0.29, 0.717) is 30.0 Å². The Morgan fingerprint density at radius 3 is 2.54 bits per heavy atom. The van der Waals surface area contributed by atoms with Gasteiger partial charge in [-0.3, -0.25) is 9.78 Å². The lowest BCUT2D eigenvalue weighted by Crippen LogP contribution is -2.21. The maximum absolute atomic E-state index is 12.4. The highest BCUT2D eigenvalue weighted by atomic mass is 16.5. The molecule has 0 atom stereocenters. The van der Waals surface area contributed by atoms with E-state index in [1.165, 1.54) is 0 Å². The number of aryl methyl sites for hydroxylation is 1. The summed E-state index contributed by atoms with van der Waals surface area (Å²) in [6.07, 6.45) is 6.36. The fourth-order valence-corrected chi connectivity index (χ4v) is 3.63. The first-order chi connectivity index (χ1) is 13.5. The molecule has 0 spiro atoms. The second-order valence-electron chi connectivity index (χ2n) is 7.18. The van der Waals surface area contributed by atoms with Gasteiger partial charge in [-0.2, -0.15) is 0 Å². The van der Waals surface area contributed by atoms with E-state index in [1.54, 1.807) is 25.6 Å². The normalized spacial score (nSPS) is 18.9. The highest BCUT2D eigenvalue weighted by molar-refractivity contribution is 6.00. The Morgan fingerprint density at radius 2 is 1.86 bits per heavy atom. The number of anilines is 2. The average Bonchev–Trinajstić information content (AvgIpc) is 2.68. The topological polar surface area (TPSA) is 101 Å². The van der Waals surface area contributed by atoms with Crippen LogP contribution in [0.25, 0.3) is 0 Å². The van der Waals surface area contributed by atoms with E-state index in [9.17, 15) is 9.59 Å². The Labute approximate surface area is 164 Å². The van der Waals surface area contributed by atoms with Crippen LogP contribution in [0.1, 0.15) is 42.7 Å². The lowest BCUT2D eigenvalue weighted by atomic mass is 9.79. The largest absolute Gasteiger partial charge is 0.495 e. The van der Waals surface area contributed by atoms with Crippen molar-refractivity contribution in [3.8, 4) is 5.75 Å². The maximum Gasteiger partial charge on any atom is 0.323 e. The molecule has 0 radical (unpaired) electrons. The van der Waals surface area contributed by atoms with Crippen molar-refractivity contribution in [2.75, 3.05) is 17.7 Å². The number of pyridine rings is 1.